The highest BCUT2D eigenvalue weighted by atomic mass is 16.2. The second-order valence-electron chi connectivity index (χ2n) is 8.71. The quantitative estimate of drug-likeness (QED) is 0.462. The fourth-order valence-electron chi connectivity index (χ4n) is 4.42. The molecule has 0 spiro atoms. The van der Waals surface area contributed by atoms with Gasteiger partial charge in [0.15, 0.2) is 0 Å². The number of hydrogen-bond acceptors (Lipinski definition) is 3. The maximum Gasteiger partial charge on any atom is 0.255 e. The lowest BCUT2D eigenvalue weighted by Crippen LogP contribution is -2.66. The van der Waals surface area contributed by atoms with Gasteiger partial charge in [-0.2, -0.15) is 0 Å². The number of H-pyrrole nitrogens is 1. The van der Waals surface area contributed by atoms with Gasteiger partial charge in [-0.1, -0.05) is 48.5 Å². The Morgan fingerprint density at radius 2 is 1.82 bits per heavy atom. The van der Waals surface area contributed by atoms with E-state index in [-0.39, 0.29) is 11.8 Å². The molecule has 2 amide bonds. The lowest BCUT2D eigenvalue weighted by molar-refractivity contribution is -0.132. The number of rotatable bonds is 6. The van der Waals surface area contributed by atoms with Crippen LogP contribution < -0.4 is 5.32 Å². The predicted octanol–water partition coefficient (Wildman–Crippen LogP) is 4.59. The number of nitrogens with one attached hydrogen (secondary N) is 2. The molecule has 1 fully saturated rings. The lowest BCUT2D eigenvalue weighted by atomic mass is 9.84. The van der Waals surface area contributed by atoms with E-state index in [1.807, 2.05) is 67.6 Å². The third-order valence-electron chi connectivity index (χ3n) is 6.60. The van der Waals surface area contributed by atoms with Crippen LogP contribution in [0.3, 0.4) is 0 Å². The summed E-state index contributed by atoms with van der Waals surface area (Å²) < 4.78 is 0. The molecule has 4 aromatic rings. The summed E-state index contributed by atoms with van der Waals surface area (Å²) in [7, 11) is 0. The Kier molecular flexibility index (Phi) is 5.42. The standard InChI is InChI=1S/C27H26N4O2/c1-27(26(33)30-21-13-14-23-24(17-21)29-18-28-23)15-16-31(27)25(32)22-10-6-5-9-20(22)12-11-19-7-3-2-4-8-19/h2-10,13-14,17-18H,11-12,15-16H2,1H3,(H,28,29)(H,30,33). The molecule has 6 nitrogen and oxygen atoms in total. The highest BCUT2D eigenvalue weighted by Gasteiger charge is 2.49. The normalized spacial score (nSPS) is 17.5. The molecule has 0 saturated carbocycles. The van der Waals surface area contributed by atoms with Gasteiger partial charge in [0.25, 0.3) is 5.91 Å². The molecule has 6 heteroatoms. The van der Waals surface area contributed by atoms with Gasteiger partial charge in [-0.05, 0) is 61.6 Å². The molecule has 3 aromatic carbocycles. The van der Waals surface area contributed by atoms with E-state index >= 15 is 0 Å². The second kappa shape index (κ2) is 8.54. The van der Waals surface area contributed by atoms with Crippen molar-refractivity contribution in [3.05, 3.63) is 95.8 Å². The molecule has 1 aliphatic heterocycles. The minimum Gasteiger partial charge on any atom is -0.345 e. The number of carbonyl (C=O) groups excluding carboxylic acids is 2. The monoisotopic (exact) mass is 438 g/mol. The van der Waals surface area contributed by atoms with Crippen molar-refractivity contribution < 1.29 is 9.59 Å². The van der Waals surface area contributed by atoms with Gasteiger partial charge in [-0.3, -0.25) is 9.59 Å². The van der Waals surface area contributed by atoms with Crippen molar-refractivity contribution in [2.75, 3.05) is 11.9 Å². The Labute approximate surface area is 192 Å². The molecule has 0 bridgehead atoms. The number of anilines is 1. The number of aryl methyl sites for hydroxylation is 2. The Balaban J connectivity index is 1.32. The molecule has 0 aliphatic carbocycles. The highest BCUT2D eigenvalue weighted by Crippen LogP contribution is 2.34. The number of imidazole rings is 1. The van der Waals surface area contributed by atoms with Crippen LogP contribution in [0.5, 0.6) is 0 Å². The van der Waals surface area contributed by atoms with Gasteiger partial charge in [-0.25, -0.2) is 4.98 Å². The molecule has 1 atom stereocenters. The van der Waals surface area contributed by atoms with Crippen LogP contribution >= 0.6 is 0 Å². The molecule has 2 N–H and O–H groups in total. The van der Waals surface area contributed by atoms with Crippen LogP contribution in [0.1, 0.15) is 34.8 Å². The van der Waals surface area contributed by atoms with Crippen LogP contribution in [0, 0.1) is 0 Å². The number of hydrogen-bond donors (Lipinski definition) is 2. The van der Waals surface area contributed by atoms with E-state index in [4.69, 9.17) is 0 Å². The fraction of sp³-hybridized carbons (Fsp3) is 0.222. The molecule has 166 valence electrons. The first kappa shape index (κ1) is 20.9. The van der Waals surface area contributed by atoms with Crippen molar-refractivity contribution in [3.63, 3.8) is 0 Å². The van der Waals surface area contributed by atoms with Gasteiger partial charge in [0.05, 0.1) is 17.4 Å². The predicted molar refractivity (Wildman–Crippen MR) is 129 cm³/mol. The summed E-state index contributed by atoms with van der Waals surface area (Å²) in [6.07, 6.45) is 3.88. The number of likely N-dealkylation sites (tertiary alicyclic amines) is 1. The van der Waals surface area contributed by atoms with E-state index in [0.29, 0.717) is 24.2 Å². The number of benzene rings is 3. The van der Waals surface area contributed by atoms with Gasteiger partial charge in [0.1, 0.15) is 5.54 Å². The van der Waals surface area contributed by atoms with Crippen molar-refractivity contribution in [2.24, 2.45) is 0 Å². The van der Waals surface area contributed by atoms with Crippen molar-refractivity contribution in [2.45, 2.75) is 31.7 Å². The molecule has 2 heterocycles. The molecule has 5 rings (SSSR count). The molecule has 0 radical (unpaired) electrons. The summed E-state index contributed by atoms with van der Waals surface area (Å²) in [5, 5.41) is 2.98. The third kappa shape index (κ3) is 4.00. The van der Waals surface area contributed by atoms with E-state index in [2.05, 4.69) is 27.4 Å². The Hall–Kier alpha value is -3.93. The zero-order valence-corrected chi connectivity index (χ0v) is 18.5. The highest BCUT2D eigenvalue weighted by molar-refractivity contribution is 6.05. The first-order chi connectivity index (χ1) is 16.0. The summed E-state index contributed by atoms with van der Waals surface area (Å²) in [6.45, 7) is 2.40. The lowest BCUT2D eigenvalue weighted by Gasteiger charge is -2.49. The van der Waals surface area contributed by atoms with Crippen LogP contribution in [0.15, 0.2) is 79.1 Å². The third-order valence-corrected chi connectivity index (χ3v) is 6.60. The average Bonchev–Trinajstić information content (AvgIpc) is 3.30. The summed E-state index contributed by atoms with van der Waals surface area (Å²) >= 11 is 0. The van der Waals surface area contributed by atoms with Gasteiger partial charge in [0.2, 0.25) is 5.91 Å². The molecule has 33 heavy (non-hydrogen) atoms. The number of fused-ring (bicyclic) bond motifs is 1. The minimum atomic E-state index is -0.882. The zero-order valence-electron chi connectivity index (χ0n) is 18.5. The summed E-state index contributed by atoms with van der Waals surface area (Å²) in [4.78, 5) is 35.7. The molecular formula is C27H26N4O2. The maximum atomic E-state index is 13.5. The Morgan fingerprint density at radius 3 is 2.61 bits per heavy atom. The SMILES string of the molecule is CC1(C(=O)Nc2ccc3nc[nH]c3c2)CCN1C(=O)c1ccccc1CCc1ccccc1. The Morgan fingerprint density at radius 1 is 1.03 bits per heavy atom. The van der Waals surface area contributed by atoms with Crippen LogP contribution in [0.4, 0.5) is 5.69 Å². The maximum absolute atomic E-state index is 13.5. The van der Waals surface area contributed by atoms with Gasteiger partial charge < -0.3 is 15.2 Å². The molecular weight excluding hydrogens is 412 g/mol. The van der Waals surface area contributed by atoms with E-state index in [0.717, 1.165) is 29.4 Å². The number of aromatic amines is 1. The Bertz CT molecular complexity index is 1310. The number of aromatic nitrogens is 2. The topological polar surface area (TPSA) is 78.1 Å². The van der Waals surface area contributed by atoms with Crippen LogP contribution in [-0.2, 0) is 17.6 Å². The number of nitrogens with zero attached hydrogens (tertiary/aromatic N) is 2. The number of amides is 2. The van der Waals surface area contributed by atoms with Crippen molar-refractivity contribution in [1.82, 2.24) is 14.9 Å². The minimum absolute atomic E-state index is 0.0911. The van der Waals surface area contributed by atoms with Crippen LogP contribution in [-0.4, -0.2) is 38.8 Å². The molecule has 1 aliphatic rings. The summed E-state index contributed by atoms with van der Waals surface area (Å²) in [6, 6.07) is 23.5. The van der Waals surface area contributed by atoms with Crippen LogP contribution in [0.25, 0.3) is 11.0 Å². The summed E-state index contributed by atoms with van der Waals surface area (Å²) in [5.74, 6) is -0.269. The van der Waals surface area contributed by atoms with Gasteiger partial charge >= 0.3 is 0 Å². The smallest absolute Gasteiger partial charge is 0.255 e. The van der Waals surface area contributed by atoms with E-state index < -0.39 is 5.54 Å². The average molecular weight is 439 g/mol. The second-order valence-corrected chi connectivity index (χ2v) is 8.71. The molecule has 1 aromatic heterocycles. The first-order valence-electron chi connectivity index (χ1n) is 11.2. The fourth-order valence-corrected chi connectivity index (χ4v) is 4.42. The zero-order chi connectivity index (χ0) is 22.8. The molecule has 1 unspecified atom stereocenters. The van der Waals surface area contributed by atoms with E-state index in [9.17, 15) is 9.59 Å². The molecule has 1 saturated heterocycles. The van der Waals surface area contributed by atoms with Crippen molar-refractivity contribution in [1.29, 1.82) is 0 Å². The largest absolute Gasteiger partial charge is 0.345 e. The summed E-state index contributed by atoms with van der Waals surface area (Å²) in [5.41, 5.74) is 4.41. The van der Waals surface area contributed by atoms with Crippen LogP contribution in [0.2, 0.25) is 0 Å². The van der Waals surface area contributed by atoms with E-state index in [1.165, 1.54) is 5.56 Å². The van der Waals surface area contributed by atoms with Crippen molar-refractivity contribution in [3.8, 4) is 0 Å². The number of carbonyl (C=O) groups is 2. The first-order valence-corrected chi connectivity index (χ1v) is 11.2. The van der Waals surface area contributed by atoms with Gasteiger partial charge in [0, 0.05) is 17.8 Å². The van der Waals surface area contributed by atoms with E-state index in [1.54, 1.807) is 11.2 Å². The van der Waals surface area contributed by atoms with Gasteiger partial charge in [-0.15, -0.1) is 0 Å². The van der Waals surface area contributed by atoms with Crippen molar-refractivity contribution >= 4 is 28.5 Å².